The van der Waals surface area contributed by atoms with E-state index in [2.05, 4.69) is 5.32 Å². The Morgan fingerprint density at radius 1 is 1.19 bits per heavy atom. The summed E-state index contributed by atoms with van der Waals surface area (Å²) >= 11 is 3.12. The van der Waals surface area contributed by atoms with E-state index in [0.29, 0.717) is 11.3 Å². The maximum Gasteiger partial charge on any atom is 0.261 e. The molecular weight excluding hydrogens is 302 g/mol. The van der Waals surface area contributed by atoms with Crippen molar-refractivity contribution in [2.24, 2.45) is 0 Å². The predicted octanol–water partition coefficient (Wildman–Crippen LogP) is 3.30. The SMILES string of the molecule is O=C(N[C@H](CO)Cc1ccccc1)c1cc2sccc2s1. The Kier molecular flexibility index (Phi) is 4.34. The van der Waals surface area contributed by atoms with Crippen LogP contribution in [-0.4, -0.2) is 23.7 Å². The van der Waals surface area contributed by atoms with Crippen LogP contribution in [-0.2, 0) is 6.42 Å². The number of fused-ring (bicyclic) bond motifs is 1. The standard InChI is InChI=1S/C16H15NO2S2/c18-10-12(8-11-4-2-1-3-5-11)17-16(19)15-9-14-13(21-15)6-7-20-14/h1-7,9,12,18H,8,10H2,(H,17,19)/t12-/m0/s1. The molecule has 0 saturated heterocycles. The van der Waals surface area contributed by atoms with Gasteiger partial charge in [0, 0.05) is 9.40 Å². The summed E-state index contributed by atoms with van der Waals surface area (Å²) in [5.74, 6) is -0.113. The first-order valence-corrected chi connectivity index (χ1v) is 8.38. The fourth-order valence-electron chi connectivity index (χ4n) is 2.19. The monoisotopic (exact) mass is 317 g/mol. The van der Waals surface area contributed by atoms with Crippen molar-refractivity contribution in [2.45, 2.75) is 12.5 Å². The van der Waals surface area contributed by atoms with Crippen LogP contribution in [0.3, 0.4) is 0 Å². The van der Waals surface area contributed by atoms with Crippen molar-refractivity contribution < 1.29 is 9.90 Å². The molecule has 3 rings (SSSR count). The zero-order valence-electron chi connectivity index (χ0n) is 11.3. The number of amides is 1. The smallest absolute Gasteiger partial charge is 0.261 e. The Bertz CT molecular complexity index is 704. The van der Waals surface area contributed by atoms with Crippen LogP contribution in [0.5, 0.6) is 0 Å². The Labute approximate surface area is 130 Å². The van der Waals surface area contributed by atoms with Gasteiger partial charge in [-0.3, -0.25) is 4.79 Å². The minimum absolute atomic E-state index is 0.0691. The van der Waals surface area contributed by atoms with E-state index in [9.17, 15) is 9.90 Å². The van der Waals surface area contributed by atoms with Gasteiger partial charge >= 0.3 is 0 Å². The number of hydrogen-bond donors (Lipinski definition) is 2. The topological polar surface area (TPSA) is 49.3 Å². The number of thiophene rings is 2. The van der Waals surface area contributed by atoms with Gasteiger partial charge in [-0.1, -0.05) is 30.3 Å². The molecule has 21 heavy (non-hydrogen) atoms. The molecule has 0 saturated carbocycles. The molecule has 0 unspecified atom stereocenters. The van der Waals surface area contributed by atoms with Crippen molar-refractivity contribution >= 4 is 38.0 Å². The van der Waals surface area contributed by atoms with Gasteiger partial charge in [-0.25, -0.2) is 0 Å². The number of aliphatic hydroxyl groups is 1. The van der Waals surface area contributed by atoms with Crippen molar-refractivity contribution in [3.05, 3.63) is 58.3 Å². The Morgan fingerprint density at radius 2 is 2.00 bits per heavy atom. The maximum absolute atomic E-state index is 12.3. The first-order chi connectivity index (χ1) is 10.3. The molecule has 5 heteroatoms. The molecule has 2 N–H and O–H groups in total. The zero-order chi connectivity index (χ0) is 14.7. The van der Waals surface area contributed by atoms with Crippen LogP contribution in [0.25, 0.3) is 9.40 Å². The summed E-state index contributed by atoms with van der Waals surface area (Å²) in [4.78, 5) is 13.0. The molecule has 0 aliphatic carbocycles. The molecule has 108 valence electrons. The van der Waals surface area contributed by atoms with Crippen molar-refractivity contribution in [3.8, 4) is 0 Å². The van der Waals surface area contributed by atoms with Crippen molar-refractivity contribution in [3.63, 3.8) is 0 Å². The lowest BCUT2D eigenvalue weighted by atomic mass is 10.1. The van der Waals surface area contributed by atoms with E-state index >= 15 is 0 Å². The Morgan fingerprint density at radius 3 is 2.71 bits per heavy atom. The molecule has 3 aromatic rings. The average Bonchev–Trinajstić information content (AvgIpc) is 3.08. The molecule has 0 aliphatic rings. The van der Waals surface area contributed by atoms with Gasteiger partial charge in [0.15, 0.2) is 0 Å². The molecule has 0 fully saturated rings. The number of hydrogen-bond acceptors (Lipinski definition) is 4. The summed E-state index contributed by atoms with van der Waals surface area (Å²) in [6.07, 6.45) is 0.628. The van der Waals surface area contributed by atoms with Crippen molar-refractivity contribution in [1.29, 1.82) is 0 Å². The largest absolute Gasteiger partial charge is 0.394 e. The molecule has 0 bridgehead atoms. The van der Waals surface area contributed by atoms with Gasteiger partial charge in [0.1, 0.15) is 0 Å². The van der Waals surface area contributed by atoms with E-state index < -0.39 is 0 Å². The van der Waals surface area contributed by atoms with Crippen LogP contribution in [0.2, 0.25) is 0 Å². The average molecular weight is 317 g/mol. The van der Waals surface area contributed by atoms with E-state index in [0.717, 1.165) is 15.0 Å². The van der Waals surface area contributed by atoms with Gasteiger partial charge in [-0.2, -0.15) is 0 Å². The van der Waals surface area contributed by atoms with Gasteiger partial charge in [0.2, 0.25) is 0 Å². The van der Waals surface area contributed by atoms with Gasteiger partial charge in [-0.05, 0) is 29.5 Å². The van der Waals surface area contributed by atoms with Gasteiger partial charge in [0.25, 0.3) is 5.91 Å². The summed E-state index contributed by atoms with van der Waals surface area (Å²) in [5.41, 5.74) is 1.10. The third-order valence-electron chi connectivity index (χ3n) is 3.24. The molecule has 0 radical (unpaired) electrons. The molecule has 1 amide bonds. The predicted molar refractivity (Wildman–Crippen MR) is 88.2 cm³/mol. The normalized spacial score (nSPS) is 12.4. The highest BCUT2D eigenvalue weighted by Crippen LogP contribution is 2.29. The quantitative estimate of drug-likeness (QED) is 0.758. The van der Waals surface area contributed by atoms with Gasteiger partial charge < -0.3 is 10.4 Å². The molecule has 1 aromatic carbocycles. The molecule has 0 spiro atoms. The fraction of sp³-hybridized carbons (Fsp3) is 0.188. The molecular formula is C16H15NO2S2. The molecule has 1 atom stereocenters. The second-order valence-corrected chi connectivity index (χ2v) is 6.83. The highest BCUT2D eigenvalue weighted by Gasteiger charge is 2.16. The first kappa shape index (κ1) is 14.3. The second kappa shape index (κ2) is 6.39. The van der Waals surface area contributed by atoms with Gasteiger partial charge in [-0.15, -0.1) is 22.7 Å². The summed E-state index contributed by atoms with van der Waals surface area (Å²) in [6, 6.07) is 13.5. The van der Waals surface area contributed by atoms with Crippen molar-refractivity contribution in [1.82, 2.24) is 5.32 Å². The minimum Gasteiger partial charge on any atom is -0.394 e. The lowest BCUT2D eigenvalue weighted by Gasteiger charge is -2.15. The second-order valence-electron chi connectivity index (χ2n) is 4.80. The van der Waals surface area contributed by atoms with E-state index in [1.54, 1.807) is 11.3 Å². The lowest BCUT2D eigenvalue weighted by Crippen LogP contribution is -2.38. The number of carbonyl (C=O) groups excluding carboxylic acids is 1. The lowest BCUT2D eigenvalue weighted by molar-refractivity contribution is 0.0920. The van der Waals surface area contributed by atoms with Crippen LogP contribution in [0.15, 0.2) is 47.8 Å². The van der Waals surface area contributed by atoms with Gasteiger partial charge in [0.05, 0.1) is 17.5 Å². The Hall–Kier alpha value is -1.69. The molecule has 0 aliphatic heterocycles. The summed E-state index contributed by atoms with van der Waals surface area (Å²) in [7, 11) is 0. The van der Waals surface area contributed by atoms with Crippen LogP contribution >= 0.6 is 22.7 Å². The number of carbonyl (C=O) groups is 1. The van der Waals surface area contributed by atoms with Crippen LogP contribution < -0.4 is 5.32 Å². The van der Waals surface area contributed by atoms with E-state index in [-0.39, 0.29) is 18.6 Å². The minimum atomic E-state index is -0.264. The van der Waals surface area contributed by atoms with E-state index in [1.807, 2.05) is 47.8 Å². The molecule has 3 nitrogen and oxygen atoms in total. The highest BCUT2D eigenvalue weighted by atomic mass is 32.1. The summed E-state index contributed by atoms with van der Waals surface area (Å²) < 4.78 is 2.27. The number of aliphatic hydroxyl groups excluding tert-OH is 1. The fourth-order valence-corrected chi connectivity index (χ4v) is 4.21. The third kappa shape index (κ3) is 3.32. The number of rotatable bonds is 5. The van der Waals surface area contributed by atoms with Crippen LogP contribution in [0.4, 0.5) is 0 Å². The summed E-state index contributed by atoms with van der Waals surface area (Å²) in [6.45, 7) is -0.0691. The zero-order valence-corrected chi connectivity index (χ0v) is 12.9. The number of benzene rings is 1. The first-order valence-electron chi connectivity index (χ1n) is 6.69. The Balaban J connectivity index is 1.68. The number of nitrogens with one attached hydrogen (secondary N) is 1. The molecule has 2 heterocycles. The third-order valence-corrected chi connectivity index (χ3v) is 5.34. The molecule has 2 aromatic heterocycles. The van der Waals surface area contributed by atoms with Crippen LogP contribution in [0, 0.1) is 0 Å². The highest BCUT2D eigenvalue weighted by molar-refractivity contribution is 7.27. The van der Waals surface area contributed by atoms with Crippen molar-refractivity contribution in [2.75, 3.05) is 6.61 Å². The van der Waals surface area contributed by atoms with Crippen LogP contribution in [0.1, 0.15) is 15.2 Å². The van der Waals surface area contributed by atoms with E-state index in [4.69, 9.17) is 0 Å². The summed E-state index contributed by atoms with van der Waals surface area (Å²) in [5, 5.41) is 14.4. The van der Waals surface area contributed by atoms with E-state index in [1.165, 1.54) is 11.3 Å². The maximum atomic E-state index is 12.3.